The van der Waals surface area contributed by atoms with Crippen molar-refractivity contribution in [2.75, 3.05) is 0 Å². The van der Waals surface area contributed by atoms with Crippen LogP contribution < -0.4 is 10.6 Å². The molecule has 2 heteroatoms. The minimum Gasteiger partial charge on any atom is -0.257 e. The van der Waals surface area contributed by atoms with Crippen molar-refractivity contribution in [2.24, 2.45) is 0 Å². The highest BCUT2D eigenvalue weighted by Gasteiger charge is 2.17. The Bertz CT molecular complexity index is 656. The fourth-order valence-corrected chi connectivity index (χ4v) is 2.19. The maximum Gasteiger partial charge on any atom is 0.0744 e. The molecule has 15 heavy (non-hydrogen) atoms. The molecule has 0 radical (unpaired) electrons. The third-order valence-electron chi connectivity index (χ3n) is 2.86. The monoisotopic (exact) mass is 194 g/mol. The lowest BCUT2D eigenvalue weighted by Crippen LogP contribution is -2.27. The van der Waals surface area contributed by atoms with E-state index in [0.717, 1.165) is 16.3 Å². The molecule has 3 rings (SSSR count). The van der Waals surface area contributed by atoms with Crippen molar-refractivity contribution in [1.29, 1.82) is 0 Å². The van der Waals surface area contributed by atoms with Gasteiger partial charge < -0.3 is 0 Å². The molecule has 2 aromatic heterocycles. The largest absolute Gasteiger partial charge is 0.257 e. The van der Waals surface area contributed by atoms with Crippen LogP contribution in [0.4, 0.5) is 0 Å². The van der Waals surface area contributed by atoms with E-state index in [1.54, 1.807) is 6.20 Å². The first-order valence-electron chi connectivity index (χ1n) is 4.89. The number of aromatic nitrogens is 2. The van der Waals surface area contributed by atoms with E-state index in [0.29, 0.717) is 0 Å². The van der Waals surface area contributed by atoms with Crippen LogP contribution in [0.1, 0.15) is 12.6 Å². The molecule has 0 N–H and O–H groups in total. The summed E-state index contributed by atoms with van der Waals surface area (Å²) in [6.07, 6.45) is 3.63. The van der Waals surface area contributed by atoms with E-state index in [1.807, 2.05) is 18.3 Å². The molecule has 0 fully saturated rings. The highest BCUT2D eigenvalue weighted by Crippen LogP contribution is 2.27. The lowest BCUT2D eigenvalue weighted by molar-refractivity contribution is 1.23. The molecule has 0 unspecified atom stereocenters. The van der Waals surface area contributed by atoms with Crippen molar-refractivity contribution >= 4 is 12.2 Å². The maximum atomic E-state index is 4.40. The van der Waals surface area contributed by atoms with Crippen molar-refractivity contribution in [3.63, 3.8) is 0 Å². The van der Waals surface area contributed by atoms with Crippen LogP contribution in [0.2, 0.25) is 0 Å². The van der Waals surface area contributed by atoms with Gasteiger partial charge in [-0.05, 0) is 30.2 Å². The van der Waals surface area contributed by atoms with Gasteiger partial charge in [0.05, 0.1) is 11.0 Å². The van der Waals surface area contributed by atoms with Crippen LogP contribution in [-0.4, -0.2) is 9.97 Å². The van der Waals surface area contributed by atoms with Crippen LogP contribution in [0.5, 0.6) is 0 Å². The summed E-state index contributed by atoms with van der Waals surface area (Å²) in [6, 6.07) is 6.09. The van der Waals surface area contributed by atoms with Crippen LogP contribution in [0.15, 0.2) is 30.6 Å². The van der Waals surface area contributed by atoms with E-state index >= 15 is 0 Å². The van der Waals surface area contributed by atoms with Gasteiger partial charge in [-0.2, -0.15) is 0 Å². The normalized spacial score (nSPS) is 12.5. The highest BCUT2D eigenvalue weighted by atomic mass is 14.7. The second-order valence-electron chi connectivity index (χ2n) is 3.70. The molecule has 0 saturated heterocycles. The van der Waals surface area contributed by atoms with Gasteiger partial charge in [0, 0.05) is 23.2 Å². The van der Waals surface area contributed by atoms with Crippen molar-refractivity contribution in [2.45, 2.75) is 6.92 Å². The molecule has 0 amide bonds. The molecule has 0 aliphatic heterocycles. The van der Waals surface area contributed by atoms with E-state index in [1.165, 1.54) is 16.7 Å². The molecule has 1 aliphatic carbocycles. The molecular formula is C13H10N2. The summed E-state index contributed by atoms with van der Waals surface area (Å²) < 4.78 is 0. The summed E-state index contributed by atoms with van der Waals surface area (Å²) in [4.78, 5) is 8.63. The number of nitrogens with zero attached hydrogens (tertiary/aromatic N) is 2. The van der Waals surface area contributed by atoms with Crippen LogP contribution in [0.3, 0.4) is 0 Å². The molecule has 0 bridgehead atoms. The van der Waals surface area contributed by atoms with Crippen molar-refractivity contribution in [3.8, 4) is 11.1 Å². The van der Waals surface area contributed by atoms with E-state index in [2.05, 4.69) is 29.5 Å². The average Bonchev–Trinajstić information content (AvgIpc) is 2.55. The molecule has 0 atom stereocenters. The molecule has 2 heterocycles. The van der Waals surface area contributed by atoms with Crippen molar-refractivity contribution in [1.82, 2.24) is 9.97 Å². The van der Waals surface area contributed by atoms with Gasteiger partial charge in [-0.25, -0.2) is 0 Å². The minimum absolute atomic E-state index is 0.836. The summed E-state index contributed by atoms with van der Waals surface area (Å²) in [5, 5.41) is 1.98. The Labute approximate surface area is 87.6 Å². The predicted molar refractivity (Wildman–Crippen MR) is 60.4 cm³/mol. The maximum absolute atomic E-state index is 4.40. The van der Waals surface area contributed by atoms with Gasteiger partial charge in [0.1, 0.15) is 0 Å². The van der Waals surface area contributed by atoms with Crippen molar-refractivity contribution in [3.05, 3.63) is 46.9 Å². The van der Waals surface area contributed by atoms with Gasteiger partial charge in [-0.3, -0.25) is 9.97 Å². The first kappa shape index (κ1) is 8.36. The predicted octanol–water partition coefficient (Wildman–Crippen LogP) is 1.09. The summed E-state index contributed by atoms with van der Waals surface area (Å²) in [7, 11) is 0. The quantitative estimate of drug-likeness (QED) is 0.627. The Morgan fingerprint density at radius 1 is 1.07 bits per heavy atom. The zero-order valence-electron chi connectivity index (χ0n) is 8.49. The zero-order valence-corrected chi connectivity index (χ0v) is 8.49. The summed E-state index contributed by atoms with van der Waals surface area (Å²) in [5.74, 6) is 0. The summed E-state index contributed by atoms with van der Waals surface area (Å²) in [6.45, 7) is 6.04. The van der Waals surface area contributed by atoms with Crippen LogP contribution in [0, 0.1) is 0 Å². The third-order valence-corrected chi connectivity index (χ3v) is 2.86. The molecule has 0 spiro atoms. The van der Waals surface area contributed by atoms with Gasteiger partial charge in [-0.1, -0.05) is 12.6 Å². The van der Waals surface area contributed by atoms with E-state index in [4.69, 9.17) is 0 Å². The van der Waals surface area contributed by atoms with E-state index in [-0.39, 0.29) is 0 Å². The lowest BCUT2D eigenvalue weighted by atomic mass is 10.1. The Hall–Kier alpha value is -1.96. The average molecular weight is 194 g/mol. The fourth-order valence-electron chi connectivity index (χ4n) is 2.19. The van der Waals surface area contributed by atoms with Gasteiger partial charge in [0.25, 0.3) is 0 Å². The SMILES string of the molecule is C=c1nccc2c1=C(C)c1ncccc1-2. The number of hydrogen-bond acceptors (Lipinski definition) is 2. The summed E-state index contributed by atoms with van der Waals surface area (Å²) >= 11 is 0. The van der Waals surface area contributed by atoms with E-state index in [9.17, 15) is 0 Å². The van der Waals surface area contributed by atoms with Gasteiger partial charge >= 0.3 is 0 Å². The van der Waals surface area contributed by atoms with Gasteiger partial charge in [0.2, 0.25) is 0 Å². The minimum atomic E-state index is 0.836. The van der Waals surface area contributed by atoms with Crippen molar-refractivity contribution < 1.29 is 0 Å². The standard InChI is InChI=1S/C13H10N2/c1-8-12-9(2)14-7-5-10(12)11-4-3-6-15-13(8)11/h3-7H,2H2,1H3. The van der Waals surface area contributed by atoms with Crippen LogP contribution >= 0.6 is 0 Å². The second kappa shape index (κ2) is 2.76. The number of fused-ring (bicyclic) bond motifs is 3. The number of pyridine rings is 2. The number of hydrogen-bond donors (Lipinski definition) is 0. The molecule has 0 saturated carbocycles. The molecule has 2 nitrogen and oxygen atoms in total. The Balaban J connectivity index is 2.58. The lowest BCUT2D eigenvalue weighted by Gasteiger charge is -1.98. The Morgan fingerprint density at radius 2 is 1.93 bits per heavy atom. The van der Waals surface area contributed by atoms with E-state index < -0.39 is 0 Å². The molecule has 2 aromatic rings. The van der Waals surface area contributed by atoms with Gasteiger partial charge in [-0.15, -0.1) is 0 Å². The third kappa shape index (κ3) is 0.988. The summed E-state index contributed by atoms with van der Waals surface area (Å²) in [5.41, 5.74) is 4.64. The molecule has 72 valence electrons. The zero-order chi connectivity index (χ0) is 10.4. The highest BCUT2D eigenvalue weighted by molar-refractivity contribution is 5.86. The second-order valence-corrected chi connectivity index (χ2v) is 3.70. The smallest absolute Gasteiger partial charge is 0.0744 e. The van der Waals surface area contributed by atoms with Crippen LogP contribution in [0.25, 0.3) is 23.3 Å². The first-order chi connectivity index (χ1) is 7.29. The fraction of sp³-hybridized carbons (Fsp3) is 0.0769. The van der Waals surface area contributed by atoms with Crippen LogP contribution in [-0.2, 0) is 0 Å². The Kier molecular flexibility index (Phi) is 1.54. The number of rotatable bonds is 0. The molecule has 1 aliphatic rings. The van der Waals surface area contributed by atoms with Gasteiger partial charge in [0.15, 0.2) is 0 Å². The topological polar surface area (TPSA) is 25.8 Å². The molecular weight excluding hydrogens is 184 g/mol. The first-order valence-corrected chi connectivity index (χ1v) is 4.89. The molecule has 0 aromatic carbocycles. The Morgan fingerprint density at radius 3 is 2.80 bits per heavy atom.